The second kappa shape index (κ2) is 6.13. The van der Waals surface area contributed by atoms with Gasteiger partial charge in [-0.25, -0.2) is 9.59 Å². The van der Waals surface area contributed by atoms with Crippen LogP contribution in [0.4, 0.5) is 0 Å². The Kier molecular flexibility index (Phi) is 4.40. The monoisotopic (exact) mass is 346 g/mol. The van der Waals surface area contributed by atoms with E-state index in [1.54, 1.807) is 0 Å². The molecule has 0 aromatic heterocycles. The van der Waals surface area contributed by atoms with Gasteiger partial charge in [0.2, 0.25) is 0 Å². The molecule has 5 heteroatoms. The number of hydrogen-bond acceptors (Lipinski definition) is 5. The van der Waals surface area contributed by atoms with Crippen LogP contribution >= 0.6 is 0 Å². The Morgan fingerprint density at radius 1 is 1.36 bits per heavy atom. The largest absolute Gasteiger partial charge is 0.458 e. The summed E-state index contributed by atoms with van der Waals surface area (Å²) in [5, 5.41) is 10.8. The van der Waals surface area contributed by atoms with Gasteiger partial charge in [0, 0.05) is 29.4 Å². The first-order chi connectivity index (χ1) is 11.6. The zero-order valence-electron chi connectivity index (χ0n) is 15.1. The molecule has 0 amide bonds. The number of fused-ring (bicyclic) bond motifs is 2. The molecule has 5 nitrogen and oxygen atoms in total. The number of carbonyl (C=O) groups excluding carboxylic acids is 2. The fourth-order valence-corrected chi connectivity index (χ4v) is 4.57. The Hall–Kier alpha value is -1.88. The Labute approximate surface area is 148 Å². The van der Waals surface area contributed by atoms with Crippen LogP contribution in [0.5, 0.6) is 0 Å². The van der Waals surface area contributed by atoms with Crippen LogP contribution in [0.15, 0.2) is 36.0 Å². The molecular weight excluding hydrogens is 320 g/mol. The van der Waals surface area contributed by atoms with E-state index in [1.165, 1.54) is 6.08 Å². The van der Waals surface area contributed by atoms with Crippen molar-refractivity contribution in [2.45, 2.75) is 58.3 Å². The van der Waals surface area contributed by atoms with Crippen LogP contribution in [-0.2, 0) is 19.1 Å². The highest BCUT2D eigenvalue weighted by atomic mass is 16.6. The average molecular weight is 346 g/mol. The van der Waals surface area contributed by atoms with E-state index >= 15 is 0 Å². The summed E-state index contributed by atoms with van der Waals surface area (Å²) in [6.45, 7) is 13.7. The van der Waals surface area contributed by atoms with Gasteiger partial charge < -0.3 is 14.6 Å². The SMILES string of the molecule is C=C1C(=O)OC2CC3(C)C(O)CC(OC(=O)C=C(C)C)C(=C)C3CC12. The summed E-state index contributed by atoms with van der Waals surface area (Å²) in [5.74, 6) is -0.863. The lowest BCUT2D eigenvalue weighted by molar-refractivity contribution is -0.157. The second-order valence-electron chi connectivity index (χ2n) is 8.05. The van der Waals surface area contributed by atoms with E-state index in [4.69, 9.17) is 9.47 Å². The number of rotatable bonds is 2. The van der Waals surface area contributed by atoms with Crippen LogP contribution in [0, 0.1) is 17.3 Å². The lowest BCUT2D eigenvalue weighted by Crippen LogP contribution is -2.54. The van der Waals surface area contributed by atoms with Gasteiger partial charge in [0.05, 0.1) is 6.10 Å². The fraction of sp³-hybridized carbons (Fsp3) is 0.600. The quantitative estimate of drug-likeness (QED) is 0.473. The molecule has 0 aromatic carbocycles. The molecule has 1 N–H and O–H groups in total. The maximum Gasteiger partial charge on any atom is 0.334 e. The summed E-state index contributed by atoms with van der Waals surface area (Å²) in [4.78, 5) is 23.8. The number of hydrogen-bond donors (Lipinski definition) is 1. The normalized spacial score (nSPS) is 40.0. The van der Waals surface area contributed by atoms with Crippen molar-refractivity contribution in [2.24, 2.45) is 17.3 Å². The molecule has 0 spiro atoms. The summed E-state index contributed by atoms with van der Waals surface area (Å²) in [7, 11) is 0. The van der Waals surface area contributed by atoms with Gasteiger partial charge >= 0.3 is 11.9 Å². The number of aliphatic hydroxyl groups is 1. The molecule has 3 rings (SSSR count). The molecule has 2 saturated carbocycles. The highest BCUT2D eigenvalue weighted by molar-refractivity contribution is 5.90. The molecular formula is C20H26O5. The van der Waals surface area contributed by atoms with Crippen molar-refractivity contribution in [1.29, 1.82) is 0 Å². The van der Waals surface area contributed by atoms with Gasteiger partial charge in [-0.3, -0.25) is 0 Å². The molecule has 3 fully saturated rings. The maximum atomic E-state index is 12.0. The third kappa shape index (κ3) is 2.95. The van der Waals surface area contributed by atoms with Crippen LogP contribution in [0.25, 0.3) is 0 Å². The molecule has 0 radical (unpaired) electrons. The van der Waals surface area contributed by atoms with Gasteiger partial charge in [-0.05, 0) is 38.2 Å². The van der Waals surface area contributed by atoms with Gasteiger partial charge in [-0.2, -0.15) is 0 Å². The summed E-state index contributed by atoms with van der Waals surface area (Å²) in [6, 6.07) is 0. The van der Waals surface area contributed by atoms with E-state index in [0.29, 0.717) is 24.8 Å². The standard InChI is InChI=1S/C20H26O5/c1-10(2)6-18(22)24-15-8-17(21)20(5)9-16-13(7-14(20)12(15)4)11(3)19(23)25-16/h6,13-17,21H,3-4,7-9H2,1-2,5H3. The van der Waals surface area contributed by atoms with Gasteiger partial charge in [0.15, 0.2) is 0 Å². The topological polar surface area (TPSA) is 72.8 Å². The van der Waals surface area contributed by atoms with Crippen molar-refractivity contribution in [3.63, 3.8) is 0 Å². The zero-order chi connectivity index (χ0) is 18.5. The predicted octanol–water partition coefficient (Wildman–Crippen LogP) is 2.70. The van der Waals surface area contributed by atoms with E-state index in [9.17, 15) is 14.7 Å². The van der Waals surface area contributed by atoms with Crippen LogP contribution in [0.1, 0.15) is 40.0 Å². The first-order valence-electron chi connectivity index (χ1n) is 8.75. The average Bonchev–Trinajstić information content (AvgIpc) is 2.77. The Morgan fingerprint density at radius 2 is 2.04 bits per heavy atom. The van der Waals surface area contributed by atoms with Crippen molar-refractivity contribution in [3.05, 3.63) is 36.0 Å². The second-order valence-corrected chi connectivity index (χ2v) is 8.05. The Morgan fingerprint density at radius 3 is 2.68 bits per heavy atom. The number of ether oxygens (including phenoxy) is 2. The Bertz CT molecular complexity index is 672. The molecule has 136 valence electrons. The summed E-state index contributed by atoms with van der Waals surface area (Å²) in [5.41, 5.74) is 1.73. The predicted molar refractivity (Wildman–Crippen MR) is 92.4 cm³/mol. The molecule has 6 unspecified atom stereocenters. The molecule has 1 aliphatic heterocycles. The van der Waals surface area contributed by atoms with E-state index in [-0.39, 0.29) is 23.9 Å². The molecule has 1 heterocycles. The maximum absolute atomic E-state index is 12.0. The Balaban J connectivity index is 1.83. The molecule has 6 atom stereocenters. The highest BCUT2D eigenvalue weighted by Gasteiger charge is 2.58. The van der Waals surface area contributed by atoms with Crippen LogP contribution < -0.4 is 0 Å². The summed E-state index contributed by atoms with van der Waals surface area (Å²) < 4.78 is 11.0. The minimum atomic E-state index is -0.652. The lowest BCUT2D eigenvalue weighted by Gasteiger charge is -2.53. The first-order valence-corrected chi connectivity index (χ1v) is 8.75. The van der Waals surface area contributed by atoms with E-state index < -0.39 is 23.6 Å². The number of carbonyl (C=O) groups is 2. The molecule has 3 aliphatic rings. The van der Waals surface area contributed by atoms with Crippen molar-refractivity contribution in [3.8, 4) is 0 Å². The molecule has 1 saturated heterocycles. The molecule has 0 aromatic rings. The fourth-order valence-electron chi connectivity index (χ4n) is 4.57. The van der Waals surface area contributed by atoms with Crippen molar-refractivity contribution >= 4 is 11.9 Å². The summed E-state index contributed by atoms with van der Waals surface area (Å²) >= 11 is 0. The molecule has 25 heavy (non-hydrogen) atoms. The molecule has 2 aliphatic carbocycles. The minimum Gasteiger partial charge on any atom is -0.458 e. The number of esters is 2. The van der Waals surface area contributed by atoms with Gasteiger partial charge in [-0.15, -0.1) is 0 Å². The van der Waals surface area contributed by atoms with Gasteiger partial charge in [0.1, 0.15) is 12.2 Å². The van der Waals surface area contributed by atoms with Gasteiger partial charge in [-0.1, -0.05) is 25.7 Å². The third-order valence-corrected chi connectivity index (χ3v) is 6.07. The van der Waals surface area contributed by atoms with Crippen molar-refractivity contribution in [1.82, 2.24) is 0 Å². The highest BCUT2D eigenvalue weighted by Crippen LogP contribution is 2.57. The zero-order valence-corrected chi connectivity index (χ0v) is 15.1. The van der Waals surface area contributed by atoms with Crippen molar-refractivity contribution < 1.29 is 24.2 Å². The third-order valence-electron chi connectivity index (χ3n) is 6.07. The smallest absolute Gasteiger partial charge is 0.334 e. The van der Waals surface area contributed by atoms with Crippen LogP contribution in [-0.4, -0.2) is 35.4 Å². The summed E-state index contributed by atoms with van der Waals surface area (Å²) in [6.07, 6.45) is 1.57. The number of aliphatic hydroxyl groups excluding tert-OH is 1. The van der Waals surface area contributed by atoms with Crippen molar-refractivity contribution in [2.75, 3.05) is 0 Å². The molecule has 0 bridgehead atoms. The van der Waals surface area contributed by atoms with Gasteiger partial charge in [0.25, 0.3) is 0 Å². The van der Waals surface area contributed by atoms with E-state index in [0.717, 1.165) is 11.1 Å². The number of allylic oxidation sites excluding steroid dienone is 1. The van der Waals surface area contributed by atoms with Crippen LogP contribution in [0.3, 0.4) is 0 Å². The first kappa shape index (κ1) is 17.9. The van der Waals surface area contributed by atoms with Crippen LogP contribution in [0.2, 0.25) is 0 Å². The minimum absolute atomic E-state index is 0.0479. The lowest BCUT2D eigenvalue weighted by atomic mass is 9.54. The van der Waals surface area contributed by atoms with E-state index in [1.807, 2.05) is 20.8 Å². The van der Waals surface area contributed by atoms with E-state index in [2.05, 4.69) is 13.2 Å².